The lowest BCUT2D eigenvalue weighted by Crippen LogP contribution is -2.58. The second kappa shape index (κ2) is 5.82. The van der Waals surface area contributed by atoms with Crippen molar-refractivity contribution in [1.29, 1.82) is 0 Å². The van der Waals surface area contributed by atoms with E-state index in [9.17, 15) is 22.8 Å². The molecule has 1 aliphatic heterocycles. The molecule has 0 N–H and O–H groups in total. The molecule has 2 fully saturated rings. The Bertz CT molecular complexity index is 603. The van der Waals surface area contributed by atoms with E-state index in [2.05, 4.69) is 6.92 Å². The van der Waals surface area contributed by atoms with Gasteiger partial charge in [-0.05, 0) is 31.6 Å². The van der Waals surface area contributed by atoms with Gasteiger partial charge in [0.25, 0.3) is 0 Å². The molecule has 134 valence electrons. The fourth-order valence-corrected chi connectivity index (χ4v) is 5.71. The number of hydrogen-bond acceptors (Lipinski definition) is 2. The van der Waals surface area contributed by atoms with Crippen LogP contribution in [-0.2, 0) is 9.59 Å². The molecule has 2 aliphatic carbocycles. The molecule has 3 nitrogen and oxygen atoms in total. The lowest BCUT2D eigenvalue weighted by atomic mass is 9.54. The number of amides is 1. The van der Waals surface area contributed by atoms with E-state index in [1.807, 2.05) is 9.24 Å². The standard InChI is InChI=1S/C17H23F3NO2P/c1-16-8-7-13(22)21(2)12(16)6-3-9-10(16)4-5-11(17(18,19)20)14(9)15(23)24/h4,9,11-12,14H,3,5-8,24H2,1-2H3/t9?,11?,12?,14?,16-/m1/s1. The summed E-state index contributed by atoms with van der Waals surface area (Å²) < 4.78 is 40.2. The lowest BCUT2D eigenvalue weighted by molar-refractivity contribution is -0.196. The first-order chi connectivity index (χ1) is 11.1. The highest BCUT2D eigenvalue weighted by molar-refractivity contribution is 7.40. The Morgan fingerprint density at radius 1 is 1.38 bits per heavy atom. The zero-order valence-corrected chi connectivity index (χ0v) is 15.1. The lowest BCUT2D eigenvalue weighted by Gasteiger charge is -2.56. The first-order valence-corrected chi connectivity index (χ1v) is 8.97. The normalized spacial score (nSPS) is 39.8. The van der Waals surface area contributed by atoms with Crippen molar-refractivity contribution in [3.05, 3.63) is 11.6 Å². The molecule has 0 spiro atoms. The van der Waals surface area contributed by atoms with Crippen LogP contribution in [0.4, 0.5) is 13.2 Å². The van der Waals surface area contributed by atoms with Crippen molar-refractivity contribution in [2.45, 2.75) is 51.2 Å². The first kappa shape index (κ1) is 17.9. The van der Waals surface area contributed by atoms with Crippen molar-refractivity contribution >= 4 is 20.7 Å². The van der Waals surface area contributed by atoms with E-state index in [0.717, 1.165) is 5.57 Å². The average molecular weight is 361 g/mol. The maximum absolute atomic E-state index is 13.4. The minimum atomic E-state index is -4.37. The van der Waals surface area contributed by atoms with Crippen molar-refractivity contribution in [2.24, 2.45) is 23.2 Å². The summed E-state index contributed by atoms with van der Waals surface area (Å²) in [5.41, 5.74) is 0.204. The van der Waals surface area contributed by atoms with E-state index in [1.54, 1.807) is 18.0 Å². The molecule has 0 radical (unpaired) electrons. The van der Waals surface area contributed by atoms with Gasteiger partial charge in [0.05, 0.1) is 5.92 Å². The molecule has 7 heteroatoms. The molecule has 1 heterocycles. The number of hydrogen-bond donors (Lipinski definition) is 0. The van der Waals surface area contributed by atoms with Gasteiger partial charge < -0.3 is 4.90 Å². The van der Waals surface area contributed by atoms with E-state index in [4.69, 9.17) is 0 Å². The Balaban J connectivity index is 2.01. The Morgan fingerprint density at radius 3 is 2.62 bits per heavy atom. The van der Waals surface area contributed by atoms with E-state index < -0.39 is 23.5 Å². The van der Waals surface area contributed by atoms with Gasteiger partial charge in [0.2, 0.25) is 5.91 Å². The second-order valence-corrected chi connectivity index (χ2v) is 8.16. The highest BCUT2D eigenvalue weighted by Gasteiger charge is 2.57. The summed E-state index contributed by atoms with van der Waals surface area (Å²) in [7, 11) is 3.76. The van der Waals surface area contributed by atoms with E-state index in [-0.39, 0.29) is 29.7 Å². The summed E-state index contributed by atoms with van der Waals surface area (Å²) >= 11 is 0. The molecule has 6 atom stereocenters. The largest absolute Gasteiger partial charge is 0.392 e. The minimum Gasteiger partial charge on any atom is -0.342 e. The monoisotopic (exact) mass is 361 g/mol. The number of fused-ring (bicyclic) bond motifs is 3. The maximum atomic E-state index is 13.4. The van der Waals surface area contributed by atoms with Crippen molar-refractivity contribution < 1.29 is 22.8 Å². The summed E-state index contributed by atoms with van der Waals surface area (Å²) in [4.78, 5) is 25.8. The number of likely N-dealkylation sites (tertiary alicyclic amines) is 1. The molecule has 0 aromatic carbocycles. The molecule has 5 unspecified atom stereocenters. The average Bonchev–Trinajstić information content (AvgIpc) is 2.49. The van der Waals surface area contributed by atoms with Gasteiger partial charge in [-0.15, -0.1) is 0 Å². The van der Waals surface area contributed by atoms with Crippen LogP contribution in [0.15, 0.2) is 11.6 Å². The summed E-state index contributed by atoms with van der Waals surface area (Å²) in [5, 5.41) is 0. The zero-order chi connectivity index (χ0) is 17.9. The highest BCUT2D eigenvalue weighted by atomic mass is 31.0. The predicted molar refractivity (Wildman–Crippen MR) is 87.1 cm³/mol. The van der Waals surface area contributed by atoms with Crippen molar-refractivity contribution in [3.63, 3.8) is 0 Å². The molecule has 1 saturated carbocycles. The van der Waals surface area contributed by atoms with Gasteiger partial charge in [0.1, 0.15) is 0 Å². The maximum Gasteiger partial charge on any atom is 0.392 e. The Morgan fingerprint density at radius 2 is 2.04 bits per heavy atom. The third-order valence-corrected chi connectivity index (χ3v) is 6.86. The van der Waals surface area contributed by atoms with Gasteiger partial charge >= 0.3 is 6.18 Å². The number of halogens is 3. The SMILES string of the molecule is CN1C(=O)CC[C@]2(C)C3=CCC(C(F)(F)F)C(C(=O)P)C3CCC12. The van der Waals surface area contributed by atoms with Gasteiger partial charge in [0.15, 0.2) is 5.52 Å². The fourth-order valence-electron chi connectivity index (χ4n) is 5.25. The predicted octanol–water partition coefficient (Wildman–Crippen LogP) is 3.55. The molecule has 24 heavy (non-hydrogen) atoms. The van der Waals surface area contributed by atoms with Crippen LogP contribution in [0.3, 0.4) is 0 Å². The fraction of sp³-hybridized carbons (Fsp3) is 0.765. The van der Waals surface area contributed by atoms with Crippen LogP contribution in [0.1, 0.15) is 39.0 Å². The Labute approximate surface area is 142 Å². The van der Waals surface area contributed by atoms with Crippen LogP contribution in [0.2, 0.25) is 0 Å². The van der Waals surface area contributed by atoms with Crippen LogP contribution in [-0.4, -0.2) is 35.6 Å². The Kier molecular flexibility index (Phi) is 4.35. The van der Waals surface area contributed by atoms with E-state index in [0.29, 0.717) is 25.7 Å². The quantitative estimate of drug-likeness (QED) is 0.529. The molecule has 1 saturated heterocycles. The Hall–Kier alpha value is -0.900. The van der Waals surface area contributed by atoms with Crippen LogP contribution in [0, 0.1) is 23.2 Å². The number of carbonyl (C=O) groups excluding carboxylic acids is 2. The van der Waals surface area contributed by atoms with Gasteiger partial charge in [-0.25, -0.2) is 0 Å². The van der Waals surface area contributed by atoms with E-state index >= 15 is 0 Å². The number of nitrogens with zero attached hydrogens (tertiary/aromatic N) is 1. The van der Waals surface area contributed by atoms with Gasteiger partial charge in [-0.3, -0.25) is 9.59 Å². The molecule has 0 aromatic rings. The van der Waals surface area contributed by atoms with Crippen LogP contribution in [0.25, 0.3) is 0 Å². The third kappa shape index (κ3) is 2.61. The van der Waals surface area contributed by atoms with Gasteiger partial charge in [0, 0.05) is 30.8 Å². The van der Waals surface area contributed by atoms with Gasteiger partial charge in [-0.1, -0.05) is 27.8 Å². The second-order valence-electron chi connectivity index (χ2n) is 7.59. The topological polar surface area (TPSA) is 37.4 Å². The summed E-state index contributed by atoms with van der Waals surface area (Å²) in [5.74, 6) is -2.88. The number of rotatable bonds is 1. The molecule has 0 bridgehead atoms. The number of piperidine rings is 1. The summed E-state index contributed by atoms with van der Waals surface area (Å²) in [6.45, 7) is 2.05. The van der Waals surface area contributed by atoms with E-state index in [1.165, 1.54) is 0 Å². The molecular weight excluding hydrogens is 338 g/mol. The van der Waals surface area contributed by atoms with Crippen molar-refractivity contribution in [3.8, 4) is 0 Å². The summed E-state index contributed by atoms with van der Waals surface area (Å²) in [6, 6.07) is 0.0175. The molecule has 3 aliphatic rings. The molecule has 3 rings (SSSR count). The summed E-state index contributed by atoms with van der Waals surface area (Å²) in [6.07, 6.45) is -0.535. The molecule has 1 amide bonds. The van der Waals surface area contributed by atoms with Gasteiger partial charge in [-0.2, -0.15) is 13.2 Å². The van der Waals surface area contributed by atoms with Crippen LogP contribution in [0.5, 0.6) is 0 Å². The molecular formula is C17H23F3NO2P. The number of allylic oxidation sites excluding steroid dienone is 1. The highest BCUT2D eigenvalue weighted by Crippen LogP contribution is 2.58. The number of carbonyl (C=O) groups is 2. The smallest absolute Gasteiger partial charge is 0.342 e. The zero-order valence-electron chi connectivity index (χ0n) is 13.9. The van der Waals surface area contributed by atoms with Crippen molar-refractivity contribution in [2.75, 3.05) is 7.05 Å². The minimum absolute atomic E-state index is 0.0175. The van der Waals surface area contributed by atoms with Crippen molar-refractivity contribution in [1.82, 2.24) is 4.90 Å². The van der Waals surface area contributed by atoms with Crippen LogP contribution >= 0.6 is 9.24 Å². The first-order valence-electron chi connectivity index (χ1n) is 8.39. The third-order valence-electron chi connectivity index (χ3n) is 6.47. The number of alkyl halides is 3. The molecule has 0 aromatic heterocycles. The van der Waals surface area contributed by atoms with Crippen LogP contribution < -0.4 is 0 Å².